The minimum atomic E-state index is -0.974. The van der Waals surface area contributed by atoms with Crippen LogP contribution in [0.15, 0.2) is 59.4 Å². The lowest BCUT2D eigenvalue weighted by Crippen LogP contribution is -2.20. The molecule has 1 aromatic rings. The van der Waals surface area contributed by atoms with Gasteiger partial charge in [0.15, 0.2) is 17.4 Å². The molecule has 1 atom stereocenters. The molecule has 0 aliphatic carbocycles. The number of hydrogen-bond acceptors (Lipinski definition) is 2. The number of nitrogens with zero attached hydrogens (tertiary/aromatic N) is 1. The number of hydrogen-bond donors (Lipinski definition) is 1. The van der Waals surface area contributed by atoms with E-state index >= 15 is 0 Å². The lowest BCUT2D eigenvalue weighted by atomic mass is 9.95. The third-order valence-electron chi connectivity index (χ3n) is 3.69. The van der Waals surface area contributed by atoms with E-state index in [0.717, 1.165) is 11.6 Å². The second kappa shape index (κ2) is 7.13. The minimum absolute atomic E-state index is 0.0517. The quantitative estimate of drug-likeness (QED) is 0.842. The van der Waals surface area contributed by atoms with Gasteiger partial charge in [0.25, 0.3) is 0 Å². The van der Waals surface area contributed by atoms with Crippen molar-refractivity contribution < 1.29 is 13.6 Å². The van der Waals surface area contributed by atoms with Gasteiger partial charge in [0.1, 0.15) is 5.84 Å². The van der Waals surface area contributed by atoms with Gasteiger partial charge in [0.2, 0.25) is 0 Å². The molecule has 0 radical (unpaired) electrons. The Kier molecular flexibility index (Phi) is 5.21. The third kappa shape index (κ3) is 3.80. The summed E-state index contributed by atoms with van der Waals surface area (Å²) >= 11 is 0. The highest BCUT2D eigenvalue weighted by Gasteiger charge is 2.27. The standard InChI is InChI=1S/C18H18F2N2O/c1-4-11(2)9-21-18-12(3)14(10-22-18)16(23)8-13-6-5-7-15(19)17(13)20/h4-7,9-10,12H,1,8H2,2-3H3,(H,21,22)/b11-9-. The second-order valence-corrected chi connectivity index (χ2v) is 5.37. The zero-order valence-electron chi connectivity index (χ0n) is 13.1. The average Bonchev–Trinajstić information content (AvgIpc) is 2.90. The third-order valence-corrected chi connectivity index (χ3v) is 3.69. The molecular weight excluding hydrogens is 298 g/mol. The van der Waals surface area contributed by atoms with Gasteiger partial charge in [-0.3, -0.25) is 4.79 Å². The zero-order chi connectivity index (χ0) is 17.0. The Hall–Kier alpha value is -2.56. The Morgan fingerprint density at radius 1 is 1.43 bits per heavy atom. The Labute approximate surface area is 134 Å². The van der Waals surface area contributed by atoms with E-state index in [2.05, 4.69) is 16.9 Å². The van der Waals surface area contributed by atoms with Crippen molar-refractivity contribution in [2.45, 2.75) is 20.3 Å². The maximum atomic E-state index is 13.7. The fourth-order valence-corrected chi connectivity index (χ4v) is 2.20. The summed E-state index contributed by atoms with van der Waals surface area (Å²) in [6.45, 7) is 7.34. The van der Waals surface area contributed by atoms with Crippen molar-refractivity contribution in [3.8, 4) is 0 Å². The summed E-state index contributed by atoms with van der Waals surface area (Å²) in [5.74, 6) is -1.78. The van der Waals surface area contributed by atoms with E-state index in [9.17, 15) is 13.6 Å². The van der Waals surface area contributed by atoms with Gasteiger partial charge < -0.3 is 5.32 Å². The van der Waals surface area contributed by atoms with Gasteiger partial charge in [-0.25, -0.2) is 13.8 Å². The van der Waals surface area contributed by atoms with E-state index in [4.69, 9.17) is 0 Å². The number of aliphatic imine (C=N–C) groups is 1. The normalized spacial score (nSPS) is 19.5. The van der Waals surface area contributed by atoms with Gasteiger partial charge >= 0.3 is 0 Å². The summed E-state index contributed by atoms with van der Waals surface area (Å²) in [4.78, 5) is 16.6. The Balaban J connectivity index is 2.12. The molecule has 23 heavy (non-hydrogen) atoms. The number of amidine groups is 1. The topological polar surface area (TPSA) is 41.5 Å². The predicted molar refractivity (Wildman–Crippen MR) is 86.8 cm³/mol. The summed E-state index contributed by atoms with van der Waals surface area (Å²) < 4.78 is 26.9. The molecule has 1 unspecified atom stereocenters. The van der Waals surface area contributed by atoms with Crippen LogP contribution in [0.1, 0.15) is 19.4 Å². The molecule has 0 saturated carbocycles. The number of allylic oxidation sites excluding steroid dienone is 2. The Morgan fingerprint density at radius 2 is 2.17 bits per heavy atom. The summed E-state index contributed by atoms with van der Waals surface area (Å²) in [7, 11) is 0. The highest BCUT2D eigenvalue weighted by molar-refractivity contribution is 6.06. The smallest absolute Gasteiger partial charge is 0.165 e. The van der Waals surface area contributed by atoms with E-state index in [1.807, 2.05) is 13.8 Å². The van der Waals surface area contributed by atoms with Crippen molar-refractivity contribution in [1.82, 2.24) is 5.32 Å². The number of benzene rings is 1. The molecular formula is C18H18F2N2O. The van der Waals surface area contributed by atoms with Crippen LogP contribution in [0, 0.1) is 17.6 Å². The van der Waals surface area contributed by atoms with Crippen LogP contribution in [0.3, 0.4) is 0 Å². The molecule has 3 nitrogen and oxygen atoms in total. The van der Waals surface area contributed by atoms with Crippen LogP contribution >= 0.6 is 0 Å². The van der Waals surface area contributed by atoms with Crippen LogP contribution in [0.2, 0.25) is 0 Å². The summed E-state index contributed by atoms with van der Waals surface area (Å²) in [5.41, 5.74) is 1.45. The van der Waals surface area contributed by atoms with Crippen molar-refractivity contribution in [2.24, 2.45) is 10.9 Å². The SMILES string of the molecule is C=C/C(C)=C\N=C1NC=C(C(=O)Cc2cccc(F)c2F)C1C. The largest absolute Gasteiger partial charge is 0.349 e. The Morgan fingerprint density at radius 3 is 2.87 bits per heavy atom. The second-order valence-electron chi connectivity index (χ2n) is 5.37. The average molecular weight is 316 g/mol. The van der Waals surface area contributed by atoms with Crippen LogP contribution < -0.4 is 5.32 Å². The van der Waals surface area contributed by atoms with E-state index in [1.54, 1.807) is 18.5 Å². The van der Waals surface area contributed by atoms with Crippen LogP contribution in [-0.4, -0.2) is 11.6 Å². The first-order valence-corrected chi connectivity index (χ1v) is 7.23. The number of ketones is 1. The number of halogens is 2. The molecule has 0 aromatic heterocycles. The van der Waals surface area contributed by atoms with E-state index in [0.29, 0.717) is 11.4 Å². The first-order chi connectivity index (χ1) is 10.9. The van der Waals surface area contributed by atoms with Crippen molar-refractivity contribution in [2.75, 3.05) is 0 Å². The highest BCUT2D eigenvalue weighted by atomic mass is 19.2. The molecule has 0 bridgehead atoms. The summed E-state index contributed by atoms with van der Waals surface area (Å²) in [6.07, 6.45) is 4.71. The molecule has 120 valence electrons. The van der Waals surface area contributed by atoms with Gasteiger partial charge in [-0.2, -0.15) is 0 Å². The Bertz CT molecular complexity index is 733. The lowest BCUT2D eigenvalue weighted by molar-refractivity contribution is -0.115. The summed E-state index contributed by atoms with van der Waals surface area (Å²) in [6, 6.07) is 3.83. The number of Topliss-reactive ketones (excluding diaryl/α,β-unsaturated/α-hetero) is 1. The monoisotopic (exact) mass is 316 g/mol. The van der Waals surface area contributed by atoms with Crippen LogP contribution in [-0.2, 0) is 11.2 Å². The molecule has 0 spiro atoms. The first kappa shape index (κ1) is 16.8. The van der Waals surface area contributed by atoms with Crippen molar-refractivity contribution in [1.29, 1.82) is 0 Å². The van der Waals surface area contributed by atoms with E-state index in [-0.39, 0.29) is 23.7 Å². The number of carbonyl (C=O) groups is 1. The fourth-order valence-electron chi connectivity index (χ4n) is 2.20. The number of rotatable bonds is 5. The summed E-state index contributed by atoms with van der Waals surface area (Å²) in [5, 5.41) is 2.95. The molecule has 0 fully saturated rings. The zero-order valence-corrected chi connectivity index (χ0v) is 13.1. The van der Waals surface area contributed by atoms with Crippen molar-refractivity contribution in [3.63, 3.8) is 0 Å². The fraction of sp³-hybridized carbons (Fsp3) is 0.222. The molecule has 1 heterocycles. The molecule has 1 aliphatic heterocycles. The maximum absolute atomic E-state index is 13.7. The van der Waals surface area contributed by atoms with Gasteiger partial charge in [-0.05, 0) is 24.1 Å². The molecule has 1 aliphatic rings. The van der Waals surface area contributed by atoms with Crippen LogP contribution in [0.5, 0.6) is 0 Å². The predicted octanol–water partition coefficient (Wildman–Crippen LogP) is 3.69. The molecule has 0 saturated heterocycles. The maximum Gasteiger partial charge on any atom is 0.165 e. The molecule has 0 amide bonds. The molecule has 2 rings (SSSR count). The van der Waals surface area contributed by atoms with E-state index < -0.39 is 11.6 Å². The highest BCUT2D eigenvalue weighted by Crippen LogP contribution is 2.21. The number of nitrogens with one attached hydrogen (secondary N) is 1. The van der Waals surface area contributed by atoms with Crippen LogP contribution in [0.25, 0.3) is 0 Å². The molecule has 1 N–H and O–H groups in total. The molecule has 5 heteroatoms. The number of carbonyl (C=O) groups excluding carboxylic acids is 1. The van der Waals surface area contributed by atoms with Gasteiger partial charge in [0.05, 0.1) is 0 Å². The van der Waals surface area contributed by atoms with Crippen LogP contribution in [0.4, 0.5) is 8.78 Å². The molecule has 1 aromatic carbocycles. The van der Waals surface area contributed by atoms with Crippen molar-refractivity contribution >= 4 is 11.6 Å². The minimum Gasteiger partial charge on any atom is -0.349 e. The van der Waals surface area contributed by atoms with Gasteiger partial charge in [-0.1, -0.05) is 31.7 Å². The lowest BCUT2D eigenvalue weighted by Gasteiger charge is -2.09. The first-order valence-electron chi connectivity index (χ1n) is 7.23. The van der Waals surface area contributed by atoms with E-state index in [1.165, 1.54) is 12.1 Å². The van der Waals surface area contributed by atoms with Crippen molar-refractivity contribution in [3.05, 3.63) is 71.6 Å². The van der Waals surface area contributed by atoms with Gasteiger partial charge in [0, 0.05) is 30.3 Å². The van der Waals surface area contributed by atoms with Gasteiger partial charge in [-0.15, -0.1) is 0 Å².